The SMILES string of the molecule is CCCCCCc1ccc(CCCCCC)c(OCC(C)S(=O)(=O)[O-])c1.[Na+]. The van der Waals surface area contributed by atoms with Crippen LogP contribution >= 0.6 is 0 Å². The summed E-state index contributed by atoms with van der Waals surface area (Å²) in [5, 5.41) is -1.04. The minimum atomic E-state index is -4.32. The van der Waals surface area contributed by atoms with E-state index in [1.165, 1.54) is 51.0 Å². The Bertz CT molecular complexity index is 617. The zero-order chi connectivity index (χ0) is 19.4. The van der Waals surface area contributed by atoms with Gasteiger partial charge in [-0.05, 0) is 49.8 Å². The average molecular weight is 407 g/mol. The standard InChI is InChI=1S/C21H36O4S.Na/c1-4-6-8-10-12-19-14-15-20(13-11-9-7-5-2)21(16-19)25-17-18(3)26(22,23)24;/h14-16,18H,4-13,17H2,1-3H3,(H,22,23,24);/q;+1/p-1. The Hall–Kier alpha value is -0.0700. The predicted molar refractivity (Wildman–Crippen MR) is 107 cm³/mol. The summed E-state index contributed by atoms with van der Waals surface area (Å²) >= 11 is 0. The first-order chi connectivity index (χ1) is 12.4. The summed E-state index contributed by atoms with van der Waals surface area (Å²) in [6, 6.07) is 6.29. The molecule has 1 rings (SSSR count). The Kier molecular flexibility index (Phi) is 14.8. The molecule has 6 heteroatoms. The van der Waals surface area contributed by atoms with Gasteiger partial charge in [0.1, 0.15) is 22.5 Å². The van der Waals surface area contributed by atoms with Gasteiger partial charge in [-0.3, -0.25) is 0 Å². The van der Waals surface area contributed by atoms with Crippen LogP contribution in [-0.2, 0) is 23.0 Å². The zero-order valence-corrected chi connectivity index (χ0v) is 20.4. The second-order valence-electron chi connectivity index (χ2n) is 7.18. The Morgan fingerprint density at radius 3 is 2.11 bits per heavy atom. The summed E-state index contributed by atoms with van der Waals surface area (Å²) in [4.78, 5) is 0. The molecule has 4 nitrogen and oxygen atoms in total. The molecule has 0 aromatic heterocycles. The number of hydrogen-bond acceptors (Lipinski definition) is 4. The second-order valence-corrected chi connectivity index (χ2v) is 8.97. The van der Waals surface area contributed by atoms with Crippen LogP contribution in [0.4, 0.5) is 0 Å². The van der Waals surface area contributed by atoms with Gasteiger partial charge in [-0.2, -0.15) is 0 Å². The van der Waals surface area contributed by atoms with Gasteiger partial charge in [-0.1, -0.05) is 64.5 Å². The molecule has 0 radical (unpaired) electrons. The van der Waals surface area contributed by atoms with Crippen LogP contribution < -0.4 is 34.3 Å². The van der Waals surface area contributed by atoms with Gasteiger partial charge in [-0.15, -0.1) is 0 Å². The molecule has 0 bridgehead atoms. The summed E-state index contributed by atoms with van der Waals surface area (Å²) in [7, 11) is -4.32. The quantitative estimate of drug-likeness (QED) is 0.270. The van der Waals surface area contributed by atoms with Crippen LogP contribution in [0.3, 0.4) is 0 Å². The van der Waals surface area contributed by atoms with Gasteiger partial charge < -0.3 is 9.29 Å². The van der Waals surface area contributed by atoms with E-state index in [0.717, 1.165) is 37.0 Å². The van der Waals surface area contributed by atoms with Gasteiger partial charge >= 0.3 is 29.6 Å². The van der Waals surface area contributed by atoms with Gasteiger partial charge in [0.15, 0.2) is 0 Å². The van der Waals surface area contributed by atoms with E-state index in [1.54, 1.807) is 0 Å². The molecule has 150 valence electrons. The molecule has 0 aliphatic carbocycles. The van der Waals surface area contributed by atoms with E-state index in [2.05, 4.69) is 26.0 Å². The first-order valence-electron chi connectivity index (χ1n) is 10.1. The first-order valence-corrected chi connectivity index (χ1v) is 11.5. The fourth-order valence-corrected chi connectivity index (χ4v) is 3.12. The monoisotopic (exact) mass is 406 g/mol. The van der Waals surface area contributed by atoms with Crippen LogP contribution in [0.15, 0.2) is 18.2 Å². The molecular weight excluding hydrogens is 371 g/mol. The number of benzene rings is 1. The Morgan fingerprint density at radius 1 is 0.963 bits per heavy atom. The Morgan fingerprint density at radius 2 is 1.56 bits per heavy atom. The van der Waals surface area contributed by atoms with Crippen molar-refractivity contribution < 1.29 is 47.3 Å². The van der Waals surface area contributed by atoms with Crippen LogP contribution in [-0.4, -0.2) is 24.8 Å². The summed E-state index contributed by atoms with van der Waals surface area (Å²) in [6.07, 6.45) is 11.4. The maximum absolute atomic E-state index is 11.1. The Balaban J connectivity index is 0.00000676. The zero-order valence-electron chi connectivity index (χ0n) is 17.6. The molecule has 0 saturated carbocycles. The van der Waals surface area contributed by atoms with Gasteiger partial charge in [0.25, 0.3) is 0 Å². The second kappa shape index (κ2) is 14.9. The van der Waals surface area contributed by atoms with E-state index in [0.29, 0.717) is 0 Å². The van der Waals surface area contributed by atoms with E-state index >= 15 is 0 Å². The van der Waals surface area contributed by atoms with Crippen molar-refractivity contribution >= 4 is 10.1 Å². The minimum absolute atomic E-state index is 0. The normalized spacial score (nSPS) is 12.4. The van der Waals surface area contributed by atoms with Crippen molar-refractivity contribution in [2.24, 2.45) is 0 Å². The fourth-order valence-electron chi connectivity index (χ4n) is 2.88. The Labute approximate surface area is 188 Å². The largest absolute Gasteiger partial charge is 1.00 e. The number of ether oxygens (including phenoxy) is 1. The summed E-state index contributed by atoms with van der Waals surface area (Å²) in [5.74, 6) is 0.741. The topological polar surface area (TPSA) is 66.4 Å². The molecule has 0 N–H and O–H groups in total. The van der Waals surface area contributed by atoms with Gasteiger partial charge in [0.2, 0.25) is 0 Å². The molecule has 1 aromatic rings. The van der Waals surface area contributed by atoms with E-state index in [1.807, 2.05) is 6.07 Å². The van der Waals surface area contributed by atoms with Crippen LogP contribution in [0.5, 0.6) is 5.75 Å². The van der Waals surface area contributed by atoms with Crippen molar-refractivity contribution in [3.63, 3.8) is 0 Å². The number of rotatable bonds is 14. The average Bonchev–Trinajstić information content (AvgIpc) is 2.60. The number of unbranched alkanes of at least 4 members (excludes halogenated alkanes) is 6. The summed E-state index contributed by atoms with van der Waals surface area (Å²) in [5.41, 5.74) is 2.32. The van der Waals surface area contributed by atoms with Crippen molar-refractivity contribution in [2.75, 3.05) is 6.61 Å². The molecule has 1 aromatic carbocycles. The summed E-state index contributed by atoms with van der Waals surface area (Å²) < 4.78 is 39.1. The van der Waals surface area contributed by atoms with Crippen molar-refractivity contribution in [3.8, 4) is 5.75 Å². The fraction of sp³-hybridized carbons (Fsp3) is 0.714. The predicted octanol–water partition coefficient (Wildman–Crippen LogP) is 2.25. The molecule has 0 fully saturated rings. The van der Waals surface area contributed by atoms with Crippen molar-refractivity contribution in [3.05, 3.63) is 29.3 Å². The van der Waals surface area contributed by atoms with Gasteiger partial charge in [-0.25, -0.2) is 8.42 Å². The van der Waals surface area contributed by atoms with E-state index in [4.69, 9.17) is 4.74 Å². The molecule has 1 unspecified atom stereocenters. The molecule has 0 heterocycles. The summed E-state index contributed by atoms with van der Waals surface area (Å²) in [6.45, 7) is 5.70. The molecule has 0 aliphatic rings. The number of hydrogen-bond donors (Lipinski definition) is 0. The van der Waals surface area contributed by atoms with Crippen LogP contribution in [0.2, 0.25) is 0 Å². The molecule has 27 heavy (non-hydrogen) atoms. The third kappa shape index (κ3) is 11.5. The van der Waals surface area contributed by atoms with Gasteiger partial charge in [0.05, 0.1) is 5.25 Å². The maximum atomic E-state index is 11.1. The van der Waals surface area contributed by atoms with Gasteiger partial charge in [0, 0.05) is 0 Å². The van der Waals surface area contributed by atoms with E-state index < -0.39 is 15.4 Å². The molecule has 1 atom stereocenters. The van der Waals surface area contributed by atoms with Crippen molar-refractivity contribution in [2.45, 2.75) is 90.2 Å². The van der Waals surface area contributed by atoms with Crippen LogP contribution in [0.25, 0.3) is 0 Å². The van der Waals surface area contributed by atoms with Crippen molar-refractivity contribution in [1.82, 2.24) is 0 Å². The van der Waals surface area contributed by atoms with E-state index in [-0.39, 0.29) is 36.2 Å². The van der Waals surface area contributed by atoms with Crippen LogP contribution in [0.1, 0.15) is 83.3 Å². The minimum Gasteiger partial charge on any atom is -0.748 e. The van der Waals surface area contributed by atoms with Crippen LogP contribution in [0, 0.1) is 0 Å². The molecule has 0 spiro atoms. The molecule has 0 aliphatic heterocycles. The van der Waals surface area contributed by atoms with E-state index in [9.17, 15) is 13.0 Å². The third-order valence-corrected chi connectivity index (χ3v) is 5.84. The van der Waals surface area contributed by atoms with Crippen molar-refractivity contribution in [1.29, 1.82) is 0 Å². The number of aryl methyl sites for hydroxylation is 2. The molecule has 0 amide bonds. The smallest absolute Gasteiger partial charge is 0.748 e. The third-order valence-electron chi connectivity index (χ3n) is 4.72. The molecular formula is C21H35NaO4S. The maximum Gasteiger partial charge on any atom is 1.00 e. The molecule has 0 saturated heterocycles. The first kappa shape index (κ1) is 26.9.